The van der Waals surface area contributed by atoms with E-state index in [4.69, 9.17) is 11.6 Å². The Morgan fingerprint density at radius 1 is 1.60 bits per heavy atom. The molecule has 0 fully saturated rings. The quantitative estimate of drug-likeness (QED) is 0.705. The Hall–Kier alpha value is -1.49. The zero-order valence-electron chi connectivity index (χ0n) is 8.30. The Bertz CT molecular complexity index is 439. The standard InChI is InChI=1S/C9H11ClN2O3/c1-4(2)12-8(14)5-3-11-9(15)7(13)6(5)10/h3-4,13H,1-2H3,(H,11,15)(H,12,14). The van der Waals surface area contributed by atoms with Gasteiger partial charge in [-0.3, -0.25) is 9.59 Å². The van der Waals surface area contributed by atoms with Gasteiger partial charge in [0.25, 0.3) is 11.5 Å². The first-order chi connectivity index (χ1) is 6.93. The number of aromatic amines is 1. The van der Waals surface area contributed by atoms with Crippen LogP contribution in [0.4, 0.5) is 0 Å². The van der Waals surface area contributed by atoms with E-state index in [0.717, 1.165) is 0 Å². The Kier molecular flexibility index (Phi) is 3.36. The van der Waals surface area contributed by atoms with Crippen LogP contribution in [0.2, 0.25) is 5.02 Å². The van der Waals surface area contributed by atoms with Gasteiger partial charge >= 0.3 is 0 Å². The summed E-state index contributed by atoms with van der Waals surface area (Å²) in [6.07, 6.45) is 1.17. The lowest BCUT2D eigenvalue weighted by molar-refractivity contribution is 0.0942. The second-order valence-electron chi connectivity index (χ2n) is 3.32. The maximum atomic E-state index is 11.5. The molecule has 0 saturated heterocycles. The van der Waals surface area contributed by atoms with Crippen LogP contribution in [-0.4, -0.2) is 22.0 Å². The van der Waals surface area contributed by atoms with Crippen LogP contribution in [0.5, 0.6) is 5.75 Å². The van der Waals surface area contributed by atoms with Crippen molar-refractivity contribution in [2.24, 2.45) is 0 Å². The van der Waals surface area contributed by atoms with Crippen LogP contribution in [0.25, 0.3) is 0 Å². The average molecular weight is 231 g/mol. The Labute approximate surface area is 91.1 Å². The third kappa shape index (κ3) is 2.50. The summed E-state index contributed by atoms with van der Waals surface area (Å²) in [5, 5.41) is 11.6. The topological polar surface area (TPSA) is 82.2 Å². The molecule has 82 valence electrons. The molecule has 15 heavy (non-hydrogen) atoms. The highest BCUT2D eigenvalue weighted by Crippen LogP contribution is 2.21. The maximum Gasteiger partial charge on any atom is 0.291 e. The first-order valence-corrected chi connectivity index (χ1v) is 4.72. The lowest BCUT2D eigenvalue weighted by atomic mass is 10.2. The molecule has 5 nitrogen and oxygen atoms in total. The monoisotopic (exact) mass is 230 g/mol. The minimum Gasteiger partial charge on any atom is -0.502 e. The smallest absolute Gasteiger partial charge is 0.291 e. The Morgan fingerprint density at radius 3 is 2.73 bits per heavy atom. The molecule has 0 saturated carbocycles. The molecule has 0 spiro atoms. The summed E-state index contributed by atoms with van der Waals surface area (Å²) in [4.78, 5) is 24.6. The van der Waals surface area contributed by atoms with Gasteiger partial charge in [0.05, 0.1) is 5.56 Å². The first-order valence-electron chi connectivity index (χ1n) is 4.34. The van der Waals surface area contributed by atoms with Crippen molar-refractivity contribution in [1.82, 2.24) is 10.3 Å². The summed E-state index contributed by atoms with van der Waals surface area (Å²) in [6, 6.07) is -0.0531. The van der Waals surface area contributed by atoms with E-state index in [1.165, 1.54) is 6.20 Å². The molecule has 1 aromatic rings. The van der Waals surface area contributed by atoms with Gasteiger partial charge in [0.1, 0.15) is 5.02 Å². The minimum atomic E-state index is -0.721. The number of pyridine rings is 1. The number of carbonyl (C=O) groups excluding carboxylic acids is 1. The van der Waals surface area contributed by atoms with Crippen molar-refractivity contribution >= 4 is 17.5 Å². The van der Waals surface area contributed by atoms with Crippen LogP contribution >= 0.6 is 11.6 Å². The van der Waals surface area contributed by atoms with Crippen molar-refractivity contribution in [3.8, 4) is 5.75 Å². The lowest BCUT2D eigenvalue weighted by Crippen LogP contribution is -2.30. The average Bonchev–Trinajstić information content (AvgIpc) is 2.13. The molecule has 0 atom stereocenters. The predicted octanol–water partition coefficient (Wildman–Crippen LogP) is 0.872. The van der Waals surface area contributed by atoms with Crippen molar-refractivity contribution in [3.63, 3.8) is 0 Å². The Balaban J connectivity index is 3.11. The third-order valence-corrected chi connectivity index (χ3v) is 2.05. The zero-order valence-corrected chi connectivity index (χ0v) is 9.05. The molecule has 0 radical (unpaired) electrons. The van der Waals surface area contributed by atoms with E-state index in [2.05, 4.69) is 10.3 Å². The van der Waals surface area contributed by atoms with Gasteiger partial charge in [-0.05, 0) is 13.8 Å². The van der Waals surface area contributed by atoms with Crippen molar-refractivity contribution in [2.75, 3.05) is 0 Å². The fourth-order valence-electron chi connectivity index (χ4n) is 1.00. The molecule has 6 heteroatoms. The van der Waals surface area contributed by atoms with E-state index < -0.39 is 17.2 Å². The lowest BCUT2D eigenvalue weighted by Gasteiger charge is -2.09. The van der Waals surface area contributed by atoms with Crippen LogP contribution in [0.1, 0.15) is 24.2 Å². The number of rotatable bonds is 2. The van der Waals surface area contributed by atoms with Gasteiger partial charge in [0.15, 0.2) is 0 Å². The molecule has 1 aromatic heterocycles. The number of amides is 1. The molecule has 0 bridgehead atoms. The van der Waals surface area contributed by atoms with Crippen LogP contribution in [0, 0.1) is 0 Å². The number of H-pyrrole nitrogens is 1. The molecule has 1 amide bonds. The second-order valence-corrected chi connectivity index (χ2v) is 3.70. The van der Waals surface area contributed by atoms with Gasteiger partial charge in [-0.1, -0.05) is 11.6 Å². The molecule has 1 rings (SSSR count). The van der Waals surface area contributed by atoms with E-state index in [9.17, 15) is 14.7 Å². The summed E-state index contributed by atoms with van der Waals surface area (Å²) >= 11 is 5.65. The molecule has 3 N–H and O–H groups in total. The highest BCUT2D eigenvalue weighted by Gasteiger charge is 2.16. The second kappa shape index (κ2) is 4.35. The van der Waals surface area contributed by atoms with Crippen molar-refractivity contribution in [1.29, 1.82) is 0 Å². The number of aromatic nitrogens is 1. The number of aromatic hydroxyl groups is 1. The van der Waals surface area contributed by atoms with Crippen molar-refractivity contribution in [3.05, 3.63) is 27.1 Å². The summed E-state index contributed by atoms with van der Waals surface area (Å²) in [6.45, 7) is 3.58. The largest absolute Gasteiger partial charge is 0.502 e. The molecular formula is C9H11ClN2O3. The summed E-state index contributed by atoms with van der Waals surface area (Å²) in [5.41, 5.74) is -0.677. The van der Waals surface area contributed by atoms with E-state index in [0.29, 0.717) is 0 Å². The summed E-state index contributed by atoms with van der Waals surface area (Å²) in [5.74, 6) is -1.09. The van der Waals surface area contributed by atoms with E-state index in [-0.39, 0.29) is 16.6 Å². The molecule has 0 aliphatic rings. The normalized spacial score (nSPS) is 10.4. The van der Waals surface area contributed by atoms with Crippen molar-refractivity contribution < 1.29 is 9.90 Å². The molecule has 0 aliphatic heterocycles. The minimum absolute atomic E-state index is 0.0440. The summed E-state index contributed by atoms with van der Waals surface area (Å²) in [7, 11) is 0. The Morgan fingerprint density at radius 2 is 2.20 bits per heavy atom. The molecule has 1 heterocycles. The fourth-order valence-corrected chi connectivity index (χ4v) is 1.23. The van der Waals surface area contributed by atoms with Crippen molar-refractivity contribution in [2.45, 2.75) is 19.9 Å². The number of nitrogens with one attached hydrogen (secondary N) is 2. The molecule has 0 unspecified atom stereocenters. The van der Waals surface area contributed by atoms with Gasteiger partial charge < -0.3 is 15.4 Å². The fraction of sp³-hybridized carbons (Fsp3) is 0.333. The number of hydrogen-bond donors (Lipinski definition) is 3. The van der Waals surface area contributed by atoms with E-state index in [1.807, 2.05) is 0 Å². The number of carbonyl (C=O) groups is 1. The van der Waals surface area contributed by atoms with Gasteiger partial charge in [0, 0.05) is 12.2 Å². The van der Waals surface area contributed by atoms with Crippen LogP contribution in [-0.2, 0) is 0 Å². The van der Waals surface area contributed by atoms with Crippen LogP contribution in [0.15, 0.2) is 11.0 Å². The van der Waals surface area contributed by atoms with Gasteiger partial charge in [-0.15, -0.1) is 0 Å². The SMILES string of the molecule is CC(C)NC(=O)c1c[nH]c(=O)c(O)c1Cl. The molecule has 0 aliphatic carbocycles. The van der Waals surface area contributed by atoms with Crippen LogP contribution < -0.4 is 10.9 Å². The maximum absolute atomic E-state index is 11.5. The zero-order chi connectivity index (χ0) is 11.6. The number of halogens is 1. The third-order valence-electron chi connectivity index (χ3n) is 1.67. The number of hydrogen-bond acceptors (Lipinski definition) is 3. The highest BCUT2D eigenvalue weighted by molar-refractivity contribution is 6.35. The van der Waals surface area contributed by atoms with Gasteiger partial charge in [0.2, 0.25) is 5.75 Å². The van der Waals surface area contributed by atoms with Gasteiger partial charge in [-0.25, -0.2) is 0 Å². The predicted molar refractivity (Wildman–Crippen MR) is 56.3 cm³/mol. The van der Waals surface area contributed by atoms with E-state index >= 15 is 0 Å². The summed E-state index contributed by atoms with van der Waals surface area (Å²) < 4.78 is 0. The molecular weight excluding hydrogens is 220 g/mol. The highest BCUT2D eigenvalue weighted by atomic mass is 35.5. The molecule has 0 aromatic carbocycles. The van der Waals surface area contributed by atoms with E-state index in [1.54, 1.807) is 13.8 Å². The van der Waals surface area contributed by atoms with Crippen LogP contribution in [0.3, 0.4) is 0 Å². The van der Waals surface area contributed by atoms with Gasteiger partial charge in [-0.2, -0.15) is 0 Å². The first kappa shape index (κ1) is 11.6.